The third-order valence-electron chi connectivity index (χ3n) is 10.7. The van der Waals surface area contributed by atoms with Gasteiger partial charge in [-0.2, -0.15) is 0 Å². The fourth-order valence-electron chi connectivity index (χ4n) is 8.21. The molecule has 3 saturated carbocycles. The minimum absolute atomic E-state index is 0.186. The van der Waals surface area contributed by atoms with Gasteiger partial charge in [-0.05, 0) is 146 Å². The molecule has 3 aliphatic rings. The molecule has 0 saturated heterocycles. The van der Waals surface area contributed by atoms with Crippen molar-refractivity contribution >= 4 is 21.0 Å². The Morgan fingerprint density at radius 2 is 0.780 bits per heavy atom. The molecule has 0 heterocycles. The molecule has 0 bridgehead atoms. The van der Waals surface area contributed by atoms with Crippen LogP contribution in [0.5, 0.6) is 0 Å². The van der Waals surface area contributed by atoms with Crippen LogP contribution in [0.1, 0.15) is 131 Å². The van der Waals surface area contributed by atoms with Gasteiger partial charge in [-0.3, -0.25) is 0 Å². The molecule has 0 aromatic heterocycles. The Balaban J connectivity index is 0.000000178. The Bertz CT molecular complexity index is 1640. The van der Waals surface area contributed by atoms with Crippen LogP contribution in [0, 0.1) is 17.5 Å². The Labute approximate surface area is 298 Å². The fourth-order valence-corrected chi connectivity index (χ4v) is 11.3. The van der Waals surface area contributed by atoms with E-state index < -0.39 is 21.0 Å². The van der Waals surface area contributed by atoms with Crippen LogP contribution in [0.3, 0.4) is 0 Å². The van der Waals surface area contributed by atoms with E-state index in [0.29, 0.717) is 5.92 Å². The molecule has 0 aliphatic heterocycles. The van der Waals surface area contributed by atoms with Gasteiger partial charge < -0.3 is 4.55 Å². The summed E-state index contributed by atoms with van der Waals surface area (Å²) in [5, 5.41) is 0. The lowest BCUT2D eigenvalue weighted by Crippen LogP contribution is -2.18. The molecule has 7 rings (SSSR count). The summed E-state index contributed by atoms with van der Waals surface area (Å²) in [5.74, 6) is 0.0973. The predicted octanol–water partition coefficient (Wildman–Crippen LogP) is 11.9. The first kappa shape index (κ1) is 36.7. The Morgan fingerprint density at radius 1 is 0.480 bits per heavy atom. The van der Waals surface area contributed by atoms with Crippen LogP contribution in [0.25, 0.3) is 0 Å². The zero-order chi connectivity index (χ0) is 35.1. The van der Waals surface area contributed by atoms with E-state index in [1.165, 1.54) is 86.9 Å². The highest BCUT2D eigenvalue weighted by molar-refractivity contribution is 7.97. The second-order valence-electron chi connectivity index (χ2n) is 14.2. The summed E-state index contributed by atoms with van der Waals surface area (Å²) in [6.45, 7) is 0. The van der Waals surface area contributed by atoms with Crippen molar-refractivity contribution in [2.75, 3.05) is 0 Å². The van der Waals surface area contributed by atoms with E-state index >= 15 is 0 Å². The van der Waals surface area contributed by atoms with Gasteiger partial charge in [0.2, 0.25) is 0 Å². The van der Waals surface area contributed by atoms with Crippen molar-refractivity contribution in [3.63, 3.8) is 0 Å². The predicted molar refractivity (Wildman–Crippen MR) is 193 cm³/mol. The van der Waals surface area contributed by atoms with Crippen LogP contribution < -0.4 is 0 Å². The van der Waals surface area contributed by atoms with Crippen LogP contribution in [-0.4, -0.2) is 13.0 Å². The summed E-state index contributed by atoms with van der Waals surface area (Å²) in [7, 11) is -5.00. The quantitative estimate of drug-likeness (QED) is 0.141. The second-order valence-corrected chi connectivity index (χ2v) is 17.5. The van der Waals surface area contributed by atoms with E-state index in [0.717, 1.165) is 77.2 Å². The maximum absolute atomic E-state index is 13.2. The first-order chi connectivity index (χ1) is 24.2. The molecular formula is C42H47F3O3S2. The van der Waals surface area contributed by atoms with Crippen LogP contribution >= 0.6 is 0 Å². The summed E-state index contributed by atoms with van der Waals surface area (Å²) in [5.41, 5.74) is 3.10. The van der Waals surface area contributed by atoms with E-state index in [1.54, 1.807) is 36.4 Å². The molecule has 0 atom stereocenters. The minimum Gasteiger partial charge on any atom is -0.744 e. The Hall–Kier alpha value is -3.07. The standard InChI is InChI=1S/C24H36O3S.C18H12F3S/c25-28(26,27)24-22(19-12-6-2-7-13-19)16-21(18-10-4-1-5-11-18)17-23(24)20-14-8-3-9-15-20;19-13-1-7-16(8-2-13)22(17-9-3-14(20)4-10-17)18-11-5-15(21)6-12-18/h16-20H,1-15H2,(H,25,26,27);1-12H/q;+1/p-1. The van der Waals surface area contributed by atoms with Crippen molar-refractivity contribution in [3.05, 3.63) is 119 Å². The molecular weight excluding hydrogens is 674 g/mol. The zero-order valence-electron chi connectivity index (χ0n) is 28.6. The molecule has 0 unspecified atom stereocenters. The molecule has 0 amide bonds. The maximum Gasteiger partial charge on any atom is 0.166 e. The highest BCUT2D eigenvalue weighted by Crippen LogP contribution is 2.45. The molecule has 0 spiro atoms. The highest BCUT2D eigenvalue weighted by Gasteiger charge is 2.31. The van der Waals surface area contributed by atoms with Crippen molar-refractivity contribution in [3.8, 4) is 0 Å². The lowest BCUT2D eigenvalue weighted by atomic mass is 9.76. The van der Waals surface area contributed by atoms with Crippen molar-refractivity contribution in [1.29, 1.82) is 0 Å². The summed E-state index contributed by atoms with van der Waals surface area (Å²) >= 11 is 0. The topological polar surface area (TPSA) is 57.2 Å². The van der Waals surface area contributed by atoms with E-state index in [2.05, 4.69) is 12.1 Å². The van der Waals surface area contributed by atoms with Gasteiger partial charge in [0.1, 0.15) is 27.6 Å². The fraction of sp³-hybridized carbons (Fsp3) is 0.429. The van der Waals surface area contributed by atoms with Crippen molar-refractivity contribution in [2.45, 2.75) is 134 Å². The van der Waals surface area contributed by atoms with Crippen LogP contribution in [0.2, 0.25) is 0 Å². The van der Waals surface area contributed by atoms with Crippen molar-refractivity contribution in [1.82, 2.24) is 0 Å². The molecule has 0 N–H and O–H groups in total. The number of benzene rings is 4. The third kappa shape index (κ3) is 9.23. The first-order valence-electron chi connectivity index (χ1n) is 18.3. The number of hydrogen-bond acceptors (Lipinski definition) is 3. The van der Waals surface area contributed by atoms with Gasteiger partial charge >= 0.3 is 0 Å². The van der Waals surface area contributed by atoms with Gasteiger partial charge in [0.15, 0.2) is 14.7 Å². The van der Waals surface area contributed by atoms with Gasteiger partial charge in [-0.25, -0.2) is 21.6 Å². The normalized spacial score (nSPS) is 18.1. The third-order valence-corrected chi connectivity index (χ3v) is 13.9. The van der Waals surface area contributed by atoms with Crippen LogP contribution in [0.4, 0.5) is 13.2 Å². The van der Waals surface area contributed by atoms with Gasteiger partial charge in [0.05, 0.1) is 15.8 Å². The molecule has 0 radical (unpaired) electrons. The lowest BCUT2D eigenvalue weighted by Gasteiger charge is -2.33. The number of halogens is 3. The van der Waals surface area contributed by atoms with Crippen LogP contribution in [0.15, 0.2) is 105 Å². The average molecular weight is 721 g/mol. The summed E-state index contributed by atoms with van der Waals surface area (Å²) in [6, 6.07) is 22.9. The smallest absolute Gasteiger partial charge is 0.166 e. The molecule has 4 aromatic rings. The molecule has 4 aromatic carbocycles. The molecule has 3 aliphatic carbocycles. The van der Waals surface area contributed by atoms with Gasteiger partial charge in [0.25, 0.3) is 0 Å². The minimum atomic E-state index is -4.46. The SMILES string of the molecule is Fc1ccc([S+](c2ccc(F)cc2)c2ccc(F)cc2)cc1.O=S(=O)([O-])c1c(C2CCCCC2)cc(C2CCCCC2)cc1C1CCCCC1. The number of rotatable bonds is 7. The zero-order valence-corrected chi connectivity index (χ0v) is 30.2. The van der Waals surface area contributed by atoms with E-state index in [-0.39, 0.29) is 34.2 Å². The van der Waals surface area contributed by atoms with Crippen LogP contribution in [-0.2, 0) is 21.0 Å². The summed E-state index contributed by atoms with van der Waals surface area (Å²) < 4.78 is 77.0. The maximum atomic E-state index is 13.2. The van der Waals surface area contributed by atoms with Crippen molar-refractivity contribution in [2.24, 2.45) is 0 Å². The van der Waals surface area contributed by atoms with Crippen molar-refractivity contribution < 1.29 is 26.1 Å². The molecule has 266 valence electrons. The number of hydrogen-bond donors (Lipinski definition) is 0. The van der Waals surface area contributed by atoms with Gasteiger partial charge in [-0.15, -0.1) is 0 Å². The summed E-state index contributed by atoms with van der Waals surface area (Å²) in [6.07, 6.45) is 17.4. The lowest BCUT2D eigenvalue weighted by molar-refractivity contribution is 0.411. The second kappa shape index (κ2) is 17.0. The van der Waals surface area contributed by atoms with E-state index in [4.69, 9.17) is 0 Å². The van der Waals surface area contributed by atoms with E-state index in [9.17, 15) is 26.1 Å². The Kier molecular flexibility index (Phi) is 12.5. The first-order valence-corrected chi connectivity index (χ1v) is 21.0. The van der Waals surface area contributed by atoms with Gasteiger partial charge in [-0.1, -0.05) is 69.9 Å². The van der Waals surface area contributed by atoms with Gasteiger partial charge in [0, 0.05) is 0 Å². The molecule has 50 heavy (non-hydrogen) atoms. The average Bonchev–Trinajstić information content (AvgIpc) is 3.14. The highest BCUT2D eigenvalue weighted by atomic mass is 32.2. The summed E-state index contributed by atoms with van der Waals surface area (Å²) in [4.78, 5) is 2.85. The molecule has 3 nitrogen and oxygen atoms in total. The van der Waals surface area contributed by atoms with E-state index in [1.807, 2.05) is 0 Å². The largest absolute Gasteiger partial charge is 0.744 e. The molecule has 8 heteroatoms. The monoisotopic (exact) mass is 720 g/mol. The molecule has 3 fully saturated rings. The Morgan fingerprint density at radius 3 is 1.08 bits per heavy atom.